The Balaban J connectivity index is 0.00000220. The number of carbonyl (C=O) groups is 1. The predicted molar refractivity (Wildman–Crippen MR) is 75.6 cm³/mol. The van der Waals surface area contributed by atoms with E-state index < -0.39 is 0 Å². The van der Waals surface area contributed by atoms with E-state index in [9.17, 15) is 4.79 Å². The van der Waals surface area contributed by atoms with Crippen LogP contribution in [-0.4, -0.2) is 24.0 Å². The van der Waals surface area contributed by atoms with Gasteiger partial charge in [0.25, 0.3) is 0 Å². The number of allylic oxidation sites excluding steroid dienone is 1. The Bertz CT molecular complexity index is 590. The summed E-state index contributed by atoms with van der Waals surface area (Å²) in [6.45, 7) is 4.61. The Kier molecular flexibility index (Phi) is 7.07. The molecule has 0 bridgehead atoms. The standard InChI is InChI=1S/C16H17N2O2.Y/c1-3-18-15(5-4-6-16(18)19)14-8-7-13(11-12(14)2)20-10-9-17;/h7-8,11H,3-4,6,10H2,1-2H3;/q-1;. The van der Waals surface area contributed by atoms with Gasteiger partial charge in [-0.25, -0.2) is 6.08 Å². The summed E-state index contributed by atoms with van der Waals surface area (Å²) in [5.74, 6) is 0.809. The molecule has 1 aliphatic rings. The molecule has 21 heavy (non-hydrogen) atoms. The first-order chi connectivity index (χ1) is 9.67. The molecule has 1 heterocycles. The zero-order valence-electron chi connectivity index (χ0n) is 12.3. The third-order valence-electron chi connectivity index (χ3n) is 3.27. The maximum absolute atomic E-state index is 11.9. The van der Waals surface area contributed by atoms with Gasteiger partial charge in [-0.3, -0.25) is 4.79 Å². The maximum Gasteiger partial charge on any atom is 0.223 e. The summed E-state index contributed by atoms with van der Waals surface area (Å²) in [4.78, 5) is 13.7. The molecule has 0 saturated heterocycles. The molecule has 0 saturated carbocycles. The van der Waals surface area contributed by atoms with E-state index in [1.807, 2.05) is 38.1 Å². The Morgan fingerprint density at radius 2 is 2.24 bits per heavy atom. The van der Waals surface area contributed by atoms with E-state index >= 15 is 0 Å². The number of carbonyl (C=O) groups excluding carboxylic acids is 1. The third kappa shape index (κ3) is 4.15. The number of benzene rings is 1. The number of hydrogen-bond donors (Lipinski definition) is 0. The van der Waals surface area contributed by atoms with Crippen molar-refractivity contribution in [2.45, 2.75) is 26.7 Å². The number of amides is 1. The van der Waals surface area contributed by atoms with Crippen LogP contribution in [0.1, 0.15) is 30.9 Å². The van der Waals surface area contributed by atoms with Crippen molar-refractivity contribution in [1.29, 1.82) is 5.26 Å². The van der Waals surface area contributed by atoms with Crippen LogP contribution in [0, 0.1) is 24.3 Å². The van der Waals surface area contributed by atoms with E-state index in [2.05, 4.69) is 6.08 Å². The normalized spacial score (nSPS) is 14.0. The van der Waals surface area contributed by atoms with Crippen LogP contribution in [0.15, 0.2) is 18.2 Å². The average molecular weight is 358 g/mol. The zero-order valence-corrected chi connectivity index (χ0v) is 15.2. The largest absolute Gasteiger partial charge is 0.479 e. The fourth-order valence-electron chi connectivity index (χ4n) is 2.33. The van der Waals surface area contributed by atoms with Gasteiger partial charge >= 0.3 is 0 Å². The predicted octanol–water partition coefficient (Wildman–Crippen LogP) is 2.68. The second kappa shape index (κ2) is 8.31. The number of rotatable bonds is 4. The van der Waals surface area contributed by atoms with Crippen molar-refractivity contribution in [2.75, 3.05) is 13.2 Å². The summed E-state index contributed by atoms with van der Waals surface area (Å²) in [6.07, 6.45) is 4.49. The number of hydrogen-bond acceptors (Lipinski definition) is 3. The molecule has 0 fully saturated rings. The second-order valence-corrected chi connectivity index (χ2v) is 4.59. The maximum atomic E-state index is 11.9. The summed E-state index contributed by atoms with van der Waals surface area (Å²) in [6, 6.07) is 7.57. The molecular formula is C16H17N2O2Y-. The topological polar surface area (TPSA) is 53.3 Å². The van der Waals surface area contributed by atoms with Gasteiger partial charge in [0.1, 0.15) is 11.8 Å². The summed E-state index contributed by atoms with van der Waals surface area (Å²) in [7, 11) is 0. The molecule has 1 aromatic carbocycles. The van der Waals surface area contributed by atoms with Gasteiger partial charge in [-0.05, 0) is 19.1 Å². The van der Waals surface area contributed by atoms with Crippen LogP contribution in [0.4, 0.5) is 0 Å². The van der Waals surface area contributed by atoms with Crippen LogP contribution in [-0.2, 0) is 37.5 Å². The number of nitrogens with zero attached hydrogens (tertiary/aromatic N) is 2. The molecule has 0 aromatic heterocycles. The molecule has 0 atom stereocenters. The van der Waals surface area contributed by atoms with Crippen LogP contribution in [0.5, 0.6) is 5.75 Å². The van der Waals surface area contributed by atoms with Gasteiger partial charge in [0.15, 0.2) is 6.61 Å². The second-order valence-electron chi connectivity index (χ2n) is 4.59. The van der Waals surface area contributed by atoms with Gasteiger partial charge in [-0.1, -0.05) is 6.92 Å². The summed E-state index contributed by atoms with van der Waals surface area (Å²) in [5, 5.41) is 8.52. The molecule has 0 unspecified atom stereocenters. The van der Waals surface area contributed by atoms with Crippen molar-refractivity contribution in [1.82, 2.24) is 4.90 Å². The molecule has 1 radical (unpaired) electrons. The van der Waals surface area contributed by atoms with Crippen molar-refractivity contribution >= 4 is 11.6 Å². The van der Waals surface area contributed by atoms with Crippen molar-refractivity contribution in [3.05, 3.63) is 35.4 Å². The van der Waals surface area contributed by atoms with Gasteiger partial charge in [0.05, 0.1) is 0 Å². The number of nitriles is 1. The molecule has 1 aromatic rings. The number of aryl methyl sites for hydroxylation is 1. The average Bonchev–Trinajstić information content (AvgIpc) is 2.45. The van der Waals surface area contributed by atoms with Crippen molar-refractivity contribution in [3.8, 4) is 11.8 Å². The Morgan fingerprint density at radius 3 is 2.86 bits per heavy atom. The monoisotopic (exact) mass is 358 g/mol. The van der Waals surface area contributed by atoms with Gasteiger partial charge in [-0.15, -0.1) is 29.3 Å². The molecule has 5 heteroatoms. The van der Waals surface area contributed by atoms with E-state index in [-0.39, 0.29) is 45.2 Å². The Labute approximate surface area is 150 Å². The molecule has 0 aliphatic carbocycles. The van der Waals surface area contributed by atoms with Crippen molar-refractivity contribution in [2.24, 2.45) is 0 Å². The Hall–Kier alpha value is -1.18. The third-order valence-corrected chi connectivity index (χ3v) is 3.27. The fraction of sp³-hybridized carbons (Fsp3) is 0.375. The minimum Gasteiger partial charge on any atom is -0.479 e. The van der Waals surface area contributed by atoms with Crippen LogP contribution in [0.25, 0.3) is 5.70 Å². The first-order valence-corrected chi connectivity index (χ1v) is 6.69. The molecule has 1 aliphatic heterocycles. The van der Waals surface area contributed by atoms with Gasteiger partial charge in [0.2, 0.25) is 5.91 Å². The molecule has 1 amide bonds. The quantitative estimate of drug-likeness (QED) is 0.778. The summed E-state index contributed by atoms with van der Waals surface area (Å²) >= 11 is 0. The van der Waals surface area contributed by atoms with Gasteiger partial charge in [-0.2, -0.15) is 5.26 Å². The first kappa shape index (κ1) is 17.9. The molecule has 0 spiro atoms. The molecular weight excluding hydrogens is 341 g/mol. The van der Waals surface area contributed by atoms with Gasteiger partial charge < -0.3 is 9.64 Å². The Morgan fingerprint density at radius 1 is 1.48 bits per heavy atom. The minimum atomic E-state index is 0. The summed E-state index contributed by atoms with van der Waals surface area (Å²) < 4.78 is 5.28. The molecule has 2 rings (SSSR count). The summed E-state index contributed by atoms with van der Waals surface area (Å²) in [5.41, 5.74) is 2.85. The zero-order chi connectivity index (χ0) is 14.5. The van der Waals surface area contributed by atoms with Crippen molar-refractivity contribution in [3.63, 3.8) is 0 Å². The van der Waals surface area contributed by atoms with E-state index in [1.165, 1.54) is 0 Å². The first-order valence-electron chi connectivity index (χ1n) is 6.69. The molecule has 107 valence electrons. The van der Waals surface area contributed by atoms with E-state index in [1.54, 1.807) is 4.90 Å². The van der Waals surface area contributed by atoms with Crippen LogP contribution in [0.3, 0.4) is 0 Å². The molecule has 0 N–H and O–H groups in total. The smallest absolute Gasteiger partial charge is 0.223 e. The molecule has 4 nitrogen and oxygen atoms in total. The number of ether oxygens (including phenoxy) is 1. The van der Waals surface area contributed by atoms with Gasteiger partial charge in [0, 0.05) is 45.7 Å². The van der Waals surface area contributed by atoms with E-state index in [4.69, 9.17) is 10.00 Å². The van der Waals surface area contributed by atoms with Crippen molar-refractivity contribution < 1.29 is 42.2 Å². The van der Waals surface area contributed by atoms with Crippen LogP contribution >= 0.6 is 0 Å². The van der Waals surface area contributed by atoms with E-state index in [0.717, 1.165) is 16.8 Å². The van der Waals surface area contributed by atoms with Crippen LogP contribution < -0.4 is 4.74 Å². The van der Waals surface area contributed by atoms with Crippen LogP contribution in [0.2, 0.25) is 0 Å². The van der Waals surface area contributed by atoms with E-state index in [0.29, 0.717) is 25.1 Å². The fourth-order valence-corrected chi connectivity index (χ4v) is 2.33. The SMILES string of the molecule is CCN1C(=O)CC[C-]=C1c1ccc(OCC#N)cc1C.[Y]. The minimum absolute atomic E-state index is 0.